The van der Waals surface area contributed by atoms with Gasteiger partial charge in [0.2, 0.25) is 0 Å². The van der Waals surface area contributed by atoms with Gasteiger partial charge in [-0.1, -0.05) is 6.58 Å². The molecule has 96 valence electrons. The fourth-order valence-corrected chi connectivity index (χ4v) is 0.377. The summed E-state index contributed by atoms with van der Waals surface area (Å²) in [5, 5.41) is 32.7. The summed E-state index contributed by atoms with van der Waals surface area (Å²) in [6, 6.07) is 0. The van der Waals surface area contributed by atoms with Gasteiger partial charge in [-0.05, 0) is 13.8 Å². The summed E-state index contributed by atoms with van der Waals surface area (Å²) < 4.78 is 4.58. The van der Waals surface area contributed by atoms with Gasteiger partial charge in [-0.3, -0.25) is 0 Å². The first-order valence-electron chi connectivity index (χ1n) is 4.75. The molecule has 0 rings (SSSR count). The summed E-state index contributed by atoms with van der Waals surface area (Å²) in [5.41, 5.74) is 0.348. The van der Waals surface area contributed by atoms with E-state index in [1.165, 1.54) is 0 Å². The molecule has 0 fully saturated rings. The molecule has 0 amide bonds. The average molecular weight is 236 g/mol. The van der Waals surface area contributed by atoms with E-state index in [0.717, 1.165) is 0 Å². The van der Waals surface area contributed by atoms with Crippen LogP contribution in [0.25, 0.3) is 0 Å². The Morgan fingerprint density at radius 2 is 1.75 bits per heavy atom. The van der Waals surface area contributed by atoms with Gasteiger partial charge < -0.3 is 25.2 Å². The summed E-state index contributed by atoms with van der Waals surface area (Å²) in [5.74, 6) is -0.457. The minimum atomic E-state index is -0.954. The van der Waals surface area contributed by atoms with Gasteiger partial charge >= 0.3 is 5.97 Å². The Morgan fingerprint density at radius 1 is 1.31 bits per heavy atom. The number of aliphatic hydroxyl groups is 4. The van der Waals surface area contributed by atoms with E-state index >= 15 is 0 Å². The third kappa shape index (κ3) is 13.1. The lowest BCUT2D eigenvalue weighted by Crippen LogP contribution is -2.15. The number of rotatable bonds is 5. The van der Waals surface area contributed by atoms with E-state index in [9.17, 15) is 4.79 Å². The van der Waals surface area contributed by atoms with Crippen molar-refractivity contribution >= 4 is 5.97 Å². The first-order chi connectivity index (χ1) is 7.34. The zero-order valence-electron chi connectivity index (χ0n) is 9.59. The highest BCUT2D eigenvalue weighted by molar-refractivity contribution is 5.86. The molecule has 0 aromatic heterocycles. The zero-order chi connectivity index (χ0) is 13.1. The van der Waals surface area contributed by atoms with Crippen molar-refractivity contribution in [2.45, 2.75) is 26.1 Å². The van der Waals surface area contributed by atoms with E-state index in [4.69, 9.17) is 20.4 Å². The fourth-order valence-electron chi connectivity index (χ4n) is 0.377. The van der Waals surface area contributed by atoms with Crippen LogP contribution in [0.4, 0.5) is 0 Å². The third-order valence-electron chi connectivity index (χ3n) is 1.23. The minimum Gasteiger partial charge on any atom is -0.460 e. The lowest BCUT2D eigenvalue weighted by Gasteiger charge is -2.04. The second-order valence-corrected chi connectivity index (χ2v) is 3.25. The molecule has 0 saturated carbocycles. The molecule has 4 N–H and O–H groups in total. The van der Waals surface area contributed by atoms with Crippen LogP contribution in [0.1, 0.15) is 13.8 Å². The second kappa shape index (κ2) is 10.6. The number of hydrogen-bond acceptors (Lipinski definition) is 6. The molecule has 0 aliphatic carbocycles. The number of esters is 1. The molecular formula is C10H20O6. The van der Waals surface area contributed by atoms with Crippen molar-refractivity contribution in [3.8, 4) is 0 Å². The third-order valence-corrected chi connectivity index (χ3v) is 1.23. The van der Waals surface area contributed by atoms with Crippen molar-refractivity contribution in [1.82, 2.24) is 0 Å². The van der Waals surface area contributed by atoms with Crippen molar-refractivity contribution < 1.29 is 30.0 Å². The Bertz CT molecular complexity index is 197. The lowest BCUT2D eigenvalue weighted by atomic mass is 10.3. The molecule has 0 aromatic rings. The van der Waals surface area contributed by atoms with Crippen LogP contribution in [0.15, 0.2) is 12.2 Å². The van der Waals surface area contributed by atoms with Crippen LogP contribution in [0.5, 0.6) is 0 Å². The smallest absolute Gasteiger partial charge is 0.333 e. The molecule has 1 unspecified atom stereocenters. The van der Waals surface area contributed by atoms with E-state index in [2.05, 4.69) is 11.3 Å². The Balaban J connectivity index is 0. The highest BCUT2D eigenvalue weighted by atomic mass is 16.5. The Kier molecular flexibility index (Phi) is 11.5. The van der Waals surface area contributed by atoms with Crippen molar-refractivity contribution in [2.24, 2.45) is 0 Å². The van der Waals surface area contributed by atoms with Gasteiger partial charge in [0.05, 0.1) is 19.3 Å². The number of carbonyl (C=O) groups excluding carboxylic acids is 1. The van der Waals surface area contributed by atoms with Crippen LogP contribution < -0.4 is 0 Å². The largest absolute Gasteiger partial charge is 0.460 e. The van der Waals surface area contributed by atoms with Gasteiger partial charge in [-0.15, -0.1) is 0 Å². The highest BCUT2D eigenvalue weighted by Crippen LogP contribution is 1.92. The standard InChI is InChI=1S/C7H12O3.C3H8O3/c1-5(2)7(9)10-4-6(3)8;4-1-3(6)2-5/h6,8H,1,4H2,2-3H3;3-6H,1-2H2. The van der Waals surface area contributed by atoms with Crippen LogP contribution in [-0.2, 0) is 9.53 Å². The second-order valence-electron chi connectivity index (χ2n) is 3.25. The number of carbonyl (C=O) groups is 1. The molecule has 0 heterocycles. The number of hydrogen-bond donors (Lipinski definition) is 4. The molecule has 0 spiro atoms. The molecule has 1 atom stereocenters. The normalized spacial score (nSPS) is 11.4. The molecule has 0 aliphatic rings. The van der Waals surface area contributed by atoms with Crippen molar-refractivity contribution in [2.75, 3.05) is 19.8 Å². The molecule has 0 aromatic carbocycles. The Morgan fingerprint density at radius 3 is 1.94 bits per heavy atom. The molecule has 6 heteroatoms. The summed E-state index contributed by atoms with van der Waals surface area (Å²) in [4.78, 5) is 10.6. The van der Waals surface area contributed by atoms with E-state index in [1.54, 1.807) is 13.8 Å². The van der Waals surface area contributed by atoms with Crippen LogP contribution in [0.2, 0.25) is 0 Å². The topological polar surface area (TPSA) is 107 Å². The molecule has 0 aliphatic heterocycles. The van der Waals surface area contributed by atoms with Gasteiger partial charge in [0.1, 0.15) is 12.7 Å². The lowest BCUT2D eigenvalue weighted by molar-refractivity contribution is -0.141. The maximum atomic E-state index is 10.6. The predicted octanol–water partition coefficient (Wildman–Crippen LogP) is -1.18. The van der Waals surface area contributed by atoms with Crippen LogP contribution >= 0.6 is 0 Å². The molecule has 0 radical (unpaired) electrons. The highest BCUT2D eigenvalue weighted by Gasteiger charge is 2.03. The van der Waals surface area contributed by atoms with E-state index < -0.39 is 18.2 Å². The SMILES string of the molecule is C=C(C)C(=O)OCC(C)O.OCC(O)CO. The predicted molar refractivity (Wildman–Crippen MR) is 57.6 cm³/mol. The zero-order valence-corrected chi connectivity index (χ0v) is 9.59. The summed E-state index contributed by atoms with van der Waals surface area (Å²) in [6.45, 7) is 5.79. The summed E-state index contributed by atoms with van der Waals surface area (Å²) in [6.07, 6.45) is -1.56. The summed E-state index contributed by atoms with van der Waals surface area (Å²) in [7, 11) is 0. The Hall–Kier alpha value is -0.950. The van der Waals surface area contributed by atoms with Crippen LogP contribution in [0, 0.1) is 0 Å². The van der Waals surface area contributed by atoms with E-state index in [-0.39, 0.29) is 19.8 Å². The average Bonchev–Trinajstić information content (AvgIpc) is 2.25. The monoisotopic (exact) mass is 236 g/mol. The molecule has 16 heavy (non-hydrogen) atoms. The van der Waals surface area contributed by atoms with Gasteiger partial charge in [0, 0.05) is 5.57 Å². The van der Waals surface area contributed by atoms with Crippen molar-refractivity contribution in [3.63, 3.8) is 0 Å². The van der Waals surface area contributed by atoms with Gasteiger partial charge in [0.25, 0.3) is 0 Å². The Labute approximate surface area is 94.8 Å². The summed E-state index contributed by atoms with van der Waals surface area (Å²) >= 11 is 0. The van der Waals surface area contributed by atoms with Crippen molar-refractivity contribution in [1.29, 1.82) is 0 Å². The quantitative estimate of drug-likeness (QED) is 0.353. The molecular weight excluding hydrogens is 216 g/mol. The number of ether oxygens (including phenoxy) is 1. The van der Waals surface area contributed by atoms with E-state index in [0.29, 0.717) is 5.57 Å². The minimum absolute atomic E-state index is 0.0334. The molecule has 0 saturated heterocycles. The maximum Gasteiger partial charge on any atom is 0.333 e. The van der Waals surface area contributed by atoms with Gasteiger partial charge in [-0.25, -0.2) is 4.79 Å². The van der Waals surface area contributed by atoms with Crippen LogP contribution in [-0.4, -0.2) is 58.4 Å². The molecule has 0 bridgehead atoms. The number of aliphatic hydroxyl groups excluding tert-OH is 4. The maximum absolute atomic E-state index is 10.6. The first-order valence-corrected chi connectivity index (χ1v) is 4.75. The van der Waals surface area contributed by atoms with Crippen LogP contribution in [0.3, 0.4) is 0 Å². The van der Waals surface area contributed by atoms with Gasteiger partial charge in [-0.2, -0.15) is 0 Å². The fraction of sp³-hybridized carbons (Fsp3) is 0.700. The van der Waals surface area contributed by atoms with Crippen molar-refractivity contribution in [3.05, 3.63) is 12.2 Å². The van der Waals surface area contributed by atoms with E-state index in [1.807, 2.05) is 0 Å². The molecule has 6 nitrogen and oxygen atoms in total. The first kappa shape index (κ1) is 17.4. The van der Waals surface area contributed by atoms with Gasteiger partial charge in [0.15, 0.2) is 0 Å².